The van der Waals surface area contributed by atoms with Crippen molar-refractivity contribution in [2.75, 3.05) is 18.4 Å². The molecule has 0 spiro atoms. The molecule has 1 rings (SSSR count). The second-order valence-electron chi connectivity index (χ2n) is 5.24. The number of carbonyl (C=O) groups is 2. The zero-order valence-electron chi connectivity index (χ0n) is 12.8. The Morgan fingerprint density at radius 3 is 2.67 bits per heavy atom. The summed E-state index contributed by atoms with van der Waals surface area (Å²) in [6, 6.07) is 6.99. The number of rotatable bonds is 8. The summed E-state index contributed by atoms with van der Waals surface area (Å²) in [4.78, 5) is 24.0. The van der Waals surface area contributed by atoms with Crippen molar-refractivity contribution in [3.8, 4) is 0 Å². The van der Waals surface area contributed by atoms with Crippen molar-refractivity contribution in [2.24, 2.45) is 11.7 Å². The predicted octanol–water partition coefficient (Wildman–Crippen LogP) is 2.14. The van der Waals surface area contributed by atoms with E-state index < -0.39 is 0 Å². The van der Waals surface area contributed by atoms with E-state index in [1.165, 1.54) is 0 Å². The molecule has 1 aromatic carbocycles. The van der Waals surface area contributed by atoms with E-state index in [0.717, 1.165) is 12.8 Å². The molecule has 5 nitrogen and oxygen atoms in total. The molecule has 116 valence electrons. The Labute approximate surface area is 126 Å². The van der Waals surface area contributed by atoms with Crippen LogP contribution >= 0.6 is 0 Å². The van der Waals surface area contributed by atoms with Gasteiger partial charge in [0.15, 0.2) is 0 Å². The monoisotopic (exact) mass is 291 g/mol. The number of para-hydroxylation sites is 1. The van der Waals surface area contributed by atoms with E-state index in [9.17, 15) is 9.59 Å². The standard InChI is InChI=1S/C16H25N3O2/c1-3-6-12(2)11-15(20)19-14-8-5-4-7-13(14)16(21)18-10-9-17/h4-5,7-8,12H,3,6,9-11,17H2,1-2H3,(H,18,21)(H,19,20). The lowest BCUT2D eigenvalue weighted by Gasteiger charge is -2.13. The first-order valence-electron chi connectivity index (χ1n) is 7.45. The predicted molar refractivity (Wildman–Crippen MR) is 85.1 cm³/mol. The van der Waals surface area contributed by atoms with E-state index in [0.29, 0.717) is 36.7 Å². The Bertz CT molecular complexity index is 474. The van der Waals surface area contributed by atoms with Crippen LogP contribution in [-0.2, 0) is 4.79 Å². The highest BCUT2D eigenvalue weighted by Gasteiger charge is 2.14. The molecule has 0 aliphatic heterocycles. The van der Waals surface area contributed by atoms with Gasteiger partial charge in [0.2, 0.25) is 5.91 Å². The third-order valence-electron chi connectivity index (χ3n) is 3.19. The van der Waals surface area contributed by atoms with Crippen molar-refractivity contribution < 1.29 is 9.59 Å². The zero-order valence-corrected chi connectivity index (χ0v) is 12.8. The maximum Gasteiger partial charge on any atom is 0.253 e. The van der Waals surface area contributed by atoms with Crippen LogP contribution in [0.1, 0.15) is 43.5 Å². The van der Waals surface area contributed by atoms with Crippen LogP contribution in [0.4, 0.5) is 5.69 Å². The first-order chi connectivity index (χ1) is 10.1. The van der Waals surface area contributed by atoms with E-state index >= 15 is 0 Å². The van der Waals surface area contributed by atoms with Gasteiger partial charge in [-0.2, -0.15) is 0 Å². The van der Waals surface area contributed by atoms with Crippen LogP contribution in [0.25, 0.3) is 0 Å². The van der Waals surface area contributed by atoms with Crippen LogP contribution < -0.4 is 16.4 Å². The molecule has 0 fully saturated rings. The maximum absolute atomic E-state index is 12.0. The molecule has 0 saturated heterocycles. The molecule has 0 saturated carbocycles. The van der Waals surface area contributed by atoms with Gasteiger partial charge in [-0.1, -0.05) is 38.8 Å². The summed E-state index contributed by atoms with van der Waals surface area (Å²) in [6.45, 7) is 4.96. The highest BCUT2D eigenvalue weighted by Crippen LogP contribution is 2.17. The van der Waals surface area contributed by atoms with Crippen LogP contribution in [0.2, 0.25) is 0 Å². The molecule has 0 radical (unpaired) electrons. The van der Waals surface area contributed by atoms with Gasteiger partial charge in [-0.3, -0.25) is 9.59 Å². The molecule has 2 amide bonds. The van der Waals surface area contributed by atoms with Crippen molar-refractivity contribution in [2.45, 2.75) is 33.1 Å². The maximum atomic E-state index is 12.0. The molecule has 1 unspecified atom stereocenters. The molecule has 0 aliphatic carbocycles. The Hall–Kier alpha value is -1.88. The van der Waals surface area contributed by atoms with Crippen molar-refractivity contribution in [3.63, 3.8) is 0 Å². The minimum absolute atomic E-state index is 0.0602. The summed E-state index contributed by atoms with van der Waals surface area (Å²) in [5.74, 6) is 0.0567. The number of anilines is 1. The van der Waals surface area contributed by atoms with Crippen molar-refractivity contribution in [3.05, 3.63) is 29.8 Å². The van der Waals surface area contributed by atoms with Gasteiger partial charge < -0.3 is 16.4 Å². The Balaban J connectivity index is 2.70. The third kappa shape index (κ3) is 5.95. The van der Waals surface area contributed by atoms with E-state index in [1.807, 2.05) is 0 Å². The number of hydrogen-bond donors (Lipinski definition) is 3. The lowest BCUT2D eigenvalue weighted by molar-refractivity contribution is -0.117. The Morgan fingerprint density at radius 2 is 2.00 bits per heavy atom. The summed E-state index contributed by atoms with van der Waals surface area (Å²) < 4.78 is 0. The third-order valence-corrected chi connectivity index (χ3v) is 3.19. The topological polar surface area (TPSA) is 84.2 Å². The van der Waals surface area contributed by atoms with Gasteiger partial charge in [-0.25, -0.2) is 0 Å². The smallest absolute Gasteiger partial charge is 0.253 e. The molecule has 0 bridgehead atoms. The number of nitrogens with one attached hydrogen (secondary N) is 2. The molecular weight excluding hydrogens is 266 g/mol. The van der Waals surface area contributed by atoms with Crippen LogP contribution in [0.15, 0.2) is 24.3 Å². The summed E-state index contributed by atoms with van der Waals surface area (Å²) in [5, 5.41) is 5.53. The summed E-state index contributed by atoms with van der Waals surface area (Å²) in [5.41, 5.74) is 6.38. The molecule has 4 N–H and O–H groups in total. The van der Waals surface area contributed by atoms with Gasteiger partial charge in [0, 0.05) is 19.5 Å². The highest BCUT2D eigenvalue weighted by molar-refractivity contribution is 6.03. The van der Waals surface area contributed by atoms with E-state index in [1.54, 1.807) is 24.3 Å². The number of benzene rings is 1. The van der Waals surface area contributed by atoms with Gasteiger partial charge >= 0.3 is 0 Å². The number of hydrogen-bond acceptors (Lipinski definition) is 3. The fourth-order valence-corrected chi connectivity index (χ4v) is 2.18. The first-order valence-corrected chi connectivity index (χ1v) is 7.45. The quantitative estimate of drug-likeness (QED) is 0.686. The van der Waals surface area contributed by atoms with E-state index in [2.05, 4.69) is 24.5 Å². The number of amides is 2. The van der Waals surface area contributed by atoms with Crippen LogP contribution in [0, 0.1) is 5.92 Å². The Kier molecular flexibility index (Phi) is 7.46. The van der Waals surface area contributed by atoms with E-state index in [4.69, 9.17) is 5.73 Å². The minimum atomic E-state index is -0.224. The molecule has 5 heteroatoms. The molecule has 0 heterocycles. The lowest BCUT2D eigenvalue weighted by Crippen LogP contribution is -2.30. The highest BCUT2D eigenvalue weighted by atomic mass is 16.2. The molecular formula is C16H25N3O2. The summed E-state index contributed by atoms with van der Waals surface area (Å²) >= 11 is 0. The van der Waals surface area contributed by atoms with Crippen molar-refractivity contribution in [1.82, 2.24) is 5.32 Å². The molecule has 0 aromatic heterocycles. The average Bonchev–Trinajstić information content (AvgIpc) is 2.45. The largest absolute Gasteiger partial charge is 0.351 e. The van der Waals surface area contributed by atoms with Gasteiger partial charge in [0.05, 0.1) is 11.3 Å². The fourth-order valence-electron chi connectivity index (χ4n) is 2.18. The molecule has 21 heavy (non-hydrogen) atoms. The van der Waals surface area contributed by atoms with Crippen LogP contribution in [0.5, 0.6) is 0 Å². The minimum Gasteiger partial charge on any atom is -0.351 e. The van der Waals surface area contributed by atoms with Gasteiger partial charge in [0.25, 0.3) is 5.91 Å². The molecule has 1 atom stereocenters. The summed E-state index contributed by atoms with van der Waals surface area (Å²) in [6.07, 6.45) is 2.55. The van der Waals surface area contributed by atoms with Crippen LogP contribution in [-0.4, -0.2) is 24.9 Å². The number of carbonyl (C=O) groups excluding carboxylic acids is 2. The first kappa shape index (κ1) is 17.2. The zero-order chi connectivity index (χ0) is 15.7. The molecule has 0 aliphatic rings. The normalized spacial score (nSPS) is 11.8. The van der Waals surface area contributed by atoms with Gasteiger partial charge in [-0.15, -0.1) is 0 Å². The van der Waals surface area contributed by atoms with Crippen molar-refractivity contribution >= 4 is 17.5 Å². The van der Waals surface area contributed by atoms with E-state index in [-0.39, 0.29) is 11.8 Å². The lowest BCUT2D eigenvalue weighted by atomic mass is 10.0. The van der Waals surface area contributed by atoms with Crippen molar-refractivity contribution in [1.29, 1.82) is 0 Å². The SMILES string of the molecule is CCCC(C)CC(=O)Nc1ccccc1C(=O)NCCN. The van der Waals surface area contributed by atoms with Gasteiger partial charge in [0.1, 0.15) is 0 Å². The fraction of sp³-hybridized carbons (Fsp3) is 0.500. The average molecular weight is 291 g/mol. The number of nitrogens with two attached hydrogens (primary N) is 1. The summed E-state index contributed by atoms with van der Waals surface area (Å²) in [7, 11) is 0. The van der Waals surface area contributed by atoms with Gasteiger partial charge in [-0.05, 0) is 18.1 Å². The Morgan fingerprint density at radius 1 is 1.29 bits per heavy atom. The second kappa shape index (κ2) is 9.13. The van der Waals surface area contributed by atoms with Crippen LogP contribution in [0.3, 0.4) is 0 Å². The molecule has 1 aromatic rings. The second-order valence-corrected chi connectivity index (χ2v) is 5.24.